The molecule has 0 aromatic heterocycles. The van der Waals surface area contributed by atoms with Crippen LogP contribution < -0.4 is 0 Å². The second-order valence-electron chi connectivity index (χ2n) is 1.87. The van der Waals surface area contributed by atoms with E-state index in [9.17, 15) is 0 Å². The fourth-order valence-electron chi connectivity index (χ4n) is 0.722. The van der Waals surface area contributed by atoms with E-state index in [2.05, 4.69) is 40.1 Å². The molecule has 1 rings (SSSR count). The highest BCUT2D eigenvalue weighted by molar-refractivity contribution is 9.08. The van der Waals surface area contributed by atoms with Gasteiger partial charge in [0.2, 0.25) is 0 Å². The Labute approximate surface area is 66.5 Å². The van der Waals surface area contributed by atoms with Gasteiger partial charge in [0.1, 0.15) is 0 Å². The highest BCUT2D eigenvalue weighted by Gasteiger charge is 2.11. The van der Waals surface area contributed by atoms with Gasteiger partial charge >= 0.3 is 0 Å². The summed E-state index contributed by atoms with van der Waals surface area (Å²) in [5, 5.41) is 0. The molecule has 0 aliphatic carbocycles. The number of halogens is 2. The Bertz CT molecular complexity index is 70.4. The lowest BCUT2D eigenvalue weighted by molar-refractivity contribution is 0.281. The summed E-state index contributed by atoms with van der Waals surface area (Å²) in [6.45, 7) is 3.28. The van der Waals surface area contributed by atoms with Crippen molar-refractivity contribution in [2.75, 3.05) is 19.8 Å². The first-order valence-electron chi connectivity index (χ1n) is 2.60. The molecular formula is C4H8Br2N2. The van der Waals surface area contributed by atoms with Crippen LogP contribution in [0, 0.1) is 0 Å². The van der Waals surface area contributed by atoms with Gasteiger partial charge in [-0.25, -0.2) is 7.85 Å². The molecule has 0 atom stereocenters. The Morgan fingerprint density at radius 3 is 1.75 bits per heavy atom. The third-order valence-electron chi connectivity index (χ3n) is 1.11. The standard InChI is InChI=1S/C4H8Br2N2/c5-7-2-1-3-8(6)4-7/h1-4H2. The van der Waals surface area contributed by atoms with Gasteiger partial charge in [-0.3, -0.25) is 0 Å². The maximum Gasteiger partial charge on any atom is 0.0711 e. The lowest BCUT2D eigenvalue weighted by Gasteiger charge is -2.26. The Morgan fingerprint density at radius 2 is 1.50 bits per heavy atom. The topological polar surface area (TPSA) is 6.48 Å². The van der Waals surface area contributed by atoms with Crippen molar-refractivity contribution >= 4 is 32.3 Å². The summed E-state index contributed by atoms with van der Waals surface area (Å²) in [6.07, 6.45) is 1.23. The van der Waals surface area contributed by atoms with E-state index in [-0.39, 0.29) is 0 Å². The maximum atomic E-state index is 3.39. The largest absolute Gasteiger partial charge is 0.228 e. The highest BCUT2D eigenvalue weighted by Crippen LogP contribution is 2.11. The highest BCUT2D eigenvalue weighted by atomic mass is 79.9. The van der Waals surface area contributed by atoms with Crippen LogP contribution in [0.3, 0.4) is 0 Å². The van der Waals surface area contributed by atoms with Crippen LogP contribution in [0.25, 0.3) is 0 Å². The minimum atomic E-state index is 0.972. The van der Waals surface area contributed by atoms with E-state index < -0.39 is 0 Å². The van der Waals surface area contributed by atoms with Crippen LogP contribution >= 0.6 is 32.3 Å². The summed E-state index contributed by atoms with van der Waals surface area (Å²) >= 11 is 6.78. The molecule has 1 heterocycles. The molecule has 0 aromatic rings. The van der Waals surface area contributed by atoms with Crippen molar-refractivity contribution < 1.29 is 0 Å². The molecule has 48 valence electrons. The van der Waals surface area contributed by atoms with E-state index in [4.69, 9.17) is 0 Å². The van der Waals surface area contributed by atoms with E-state index >= 15 is 0 Å². The predicted molar refractivity (Wildman–Crippen MR) is 40.8 cm³/mol. The van der Waals surface area contributed by atoms with E-state index in [0.717, 1.165) is 19.8 Å². The smallest absolute Gasteiger partial charge is 0.0711 e. The predicted octanol–water partition coefficient (Wildman–Crippen LogP) is 1.57. The van der Waals surface area contributed by atoms with E-state index in [1.54, 1.807) is 0 Å². The molecule has 0 spiro atoms. The van der Waals surface area contributed by atoms with Crippen molar-refractivity contribution in [3.05, 3.63) is 0 Å². The van der Waals surface area contributed by atoms with Crippen LogP contribution in [0.4, 0.5) is 0 Å². The van der Waals surface area contributed by atoms with Crippen molar-refractivity contribution in [2.45, 2.75) is 6.42 Å². The van der Waals surface area contributed by atoms with Gasteiger partial charge in [-0.05, 0) is 6.42 Å². The quantitative estimate of drug-likeness (QED) is 0.596. The van der Waals surface area contributed by atoms with Gasteiger partial charge in [-0.1, -0.05) is 0 Å². The van der Waals surface area contributed by atoms with Gasteiger partial charge in [-0.2, -0.15) is 0 Å². The summed E-state index contributed by atoms with van der Waals surface area (Å²) in [4.78, 5) is 0. The van der Waals surface area contributed by atoms with Crippen LogP contribution in [-0.2, 0) is 0 Å². The number of rotatable bonds is 0. The molecule has 0 amide bonds. The van der Waals surface area contributed by atoms with Crippen LogP contribution in [0.2, 0.25) is 0 Å². The molecule has 0 saturated carbocycles. The van der Waals surface area contributed by atoms with Gasteiger partial charge in [-0.15, -0.1) is 0 Å². The molecule has 0 unspecified atom stereocenters. The first-order chi connectivity index (χ1) is 3.79. The molecule has 4 heteroatoms. The fourth-order valence-corrected chi connectivity index (χ4v) is 2.07. The van der Waals surface area contributed by atoms with Gasteiger partial charge in [0.15, 0.2) is 0 Å². The van der Waals surface area contributed by atoms with E-state index in [1.807, 2.05) is 0 Å². The zero-order chi connectivity index (χ0) is 5.98. The molecule has 8 heavy (non-hydrogen) atoms. The van der Waals surface area contributed by atoms with Gasteiger partial charge in [0, 0.05) is 45.4 Å². The first-order valence-corrected chi connectivity index (χ1v) is 4.02. The fraction of sp³-hybridized carbons (Fsp3) is 1.00. The molecule has 1 fully saturated rings. The summed E-state index contributed by atoms with van der Waals surface area (Å²) < 4.78 is 4.20. The molecule has 0 N–H and O–H groups in total. The monoisotopic (exact) mass is 242 g/mol. The summed E-state index contributed by atoms with van der Waals surface area (Å²) in [5.41, 5.74) is 0. The zero-order valence-corrected chi connectivity index (χ0v) is 7.65. The summed E-state index contributed by atoms with van der Waals surface area (Å²) in [6, 6.07) is 0. The van der Waals surface area contributed by atoms with Crippen molar-refractivity contribution in [3.8, 4) is 0 Å². The Hall–Kier alpha value is 0.880. The average molecular weight is 244 g/mol. The third-order valence-corrected chi connectivity index (χ3v) is 2.27. The lowest BCUT2D eigenvalue weighted by Crippen LogP contribution is -2.33. The molecule has 0 aromatic carbocycles. The van der Waals surface area contributed by atoms with Crippen molar-refractivity contribution in [1.82, 2.24) is 7.85 Å². The van der Waals surface area contributed by atoms with Crippen LogP contribution in [0.5, 0.6) is 0 Å². The van der Waals surface area contributed by atoms with Crippen molar-refractivity contribution in [1.29, 1.82) is 0 Å². The van der Waals surface area contributed by atoms with E-state index in [0.29, 0.717) is 0 Å². The first kappa shape index (κ1) is 6.99. The molecule has 0 radical (unpaired) electrons. The van der Waals surface area contributed by atoms with Crippen molar-refractivity contribution in [3.63, 3.8) is 0 Å². The minimum Gasteiger partial charge on any atom is -0.228 e. The van der Waals surface area contributed by atoms with Crippen LogP contribution in [0.15, 0.2) is 0 Å². The average Bonchev–Trinajstić information content (AvgIpc) is 1.64. The Balaban J connectivity index is 2.23. The Kier molecular flexibility index (Phi) is 2.75. The molecule has 1 aliphatic heterocycles. The zero-order valence-electron chi connectivity index (χ0n) is 4.48. The Morgan fingerprint density at radius 1 is 1.00 bits per heavy atom. The van der Waals surface area contributed by atoms with Gasteiger partial charge < -0.3 is 0 Å². The van der Waals surface area contributed by atoms with Crippen molar-refractivity contribution in [2.24, 2.45) is 0 Å². The normalized spacial score (nSPS) is 26.2. The number of hydrogen-bond acceptors (Lipinski definition) is 2. The second kappa shape index (κ2) is 3.15. The number of hydrogen-bond donors (Lipinski definition) is 0. The van der Waals surface area contributed by atoms with Gasteiger partial charge in [0.25, 0.3) is 0 Å². The van der Waals surface area contributed by atoms with E-state index in [1.165, 1.54) is 6.42 Å². The molecule has 2 nitrogen and oxygen atoms in total. The molecule has 1 saturated heterocycles. The molecular weight excluding hydrogens is 236 g/mol. The van der Waals surface area contributed by atoms with Crippen LogP contribution in [-0.4, -0.2) is 27.6 Å². The summed E-state index contributed by atoms with van der Waals surface area (Å²) in [7, 11) is 0. The third kappa shape index (κ3) is 2.01. The summed E-state index contributed by atoms with van der Waals surface area (Å²) in [5.74, 6) is 0. The lowest BCUT2D eigenvalue weighted by atomic mass is 10.4. The second-order valence-corrected chi connectivity index (χ2v) is 3.87. The van der Waals surface area contributed by atoms with Gasteiger partial charge in [0.05, 0.1) is 6.67 Å². The van der Waals surface area contributed by atoms with Crippen LogP contribution in [0.1, 0.15) is 6.42 Å². The number of nitrogens with zero attached hydrogens (tertiary/aromatic N) is 2. The molecule has 1 aliphatic rings. The minimum absolute atomic E-state index is 0.972. The molecule has 0 bridgehead atoms. The SMILES string of the molecule is BrN1CCCN(Br)C1. The maximum absolute atomic E-state index is 3.39.